The van der Waals surface area contributed by atoms with Gasteiger partial charge in [0.15, 0.2) is 0 Å². The molecule has 1 aromatic heterocycles. The van der Waals surface area contributed by atoms with Gasteiger partial charge in [0.1, 0.15) is 18.9 Å². The molecule has 0 fully saturated rings. The van der Waals surface area contributed by atoms with Crippen molar-refractivity contribution >= 4 is 17.8 Å². The Hall–Kier alpha value is -2.50. The lowest BCUT2D eigenvalue weighted by atomic mass is 10.1. The number of nitro groups is 1. The highest BCUT2D eigenvalue weighted by atomic mass is 19.4. The summed E-state index contributed by atoms with van der Waals surface area (Å²) in [6.45, 7) is -0.733. The topological polar surface area (TPSA) is 114 Å². The Morgan fingerprint density at radius 1 is 1.57 bits per heavy atom. The first kappa shape index (κ1) is 14.9. The average molecular weight is 307 g/mol. The van der Waals surface area contributed by atoms with Crippen molar-refractivity contribution in [1.29, 1.82) is 0 Å². The van der Waals surface area contributed by atoms with Gasteiger partial charge in [-0.1, -0.05) is 0 Å². The van der Waals surface area contributed by atoms with Gasteiger partial charge in [-0.25, -0.2) is 0 Å². The fraction of sp³-hybridized carbons (Fsp3) is 0.444. The Bertz CT molecular complexity index is 613. The predicted molar refractivity (Wildman–Crippen MR) is 59.8 cm³/mol. The molecule has 1 aliphatic rings. The van der Waals surface area contributed by atoms with Crippen LogP contribution in [0.3, 0.4) is 0 Å². The van der Waals surface area contributed by atoms with Gasteiger partial charge in [0.25, 0.3) is 11.6 Å². The predicted octanol–water partition coefficient (Wildman–Crippen LogP) is 0.260. The van der Waals surface area contributed by atoms with E-state index in [0.717, 1.165) is 23.3 Å². The fourth-order valence-electron chi connectivity index (χ4n) is 1.68. The van der Waals surface area contributed by atoms with Crippen LogP contribution in [0.1, 0.15) is 6.42 Å². The summed E-state index contributed by atoms with van der Waals surface area (Å²) in [5.74, 6) is -1.21. The van der Waals surface area contributed by atoms with Crippen LogP contribution in [-0.2, 0) is 11.3 Å². The van der Waals surface area contributed by atoms with Crippen LogP contribution in [0, 0.1) is 10.1 Å². The molecule has 0 spiro atoms. The smallest absolute Gasteiger partial charge is 0.362 e. The second-order valence-electron chi connectivity index (χ2n) is 4.18. The van der Waals surface area contributed by atoms with Crippen LogP contribution in [0.5, 0.6) is 0 Å². The summed E-state index contributed by atoms with van der Waals surface area (Å²) in [6, 6.07) is 0. The van der Waals surface area contributed by atoms with Crippen LogP contribution in [0.4, 0.5) is 18.9 Å². The minimum Gasteiger partial charge on any atom is -0.362 e. The van der Waals surface area contributed by atoms with Crippen molar-refractivity contribution in [3.8, 4) is 0 Å². The van der Waals surface area contributed by atoms with Gasteiger partial charge in [-0.05, 0) is 0 Å². The first-order valence-corrected chi connectivity index (χ1v) is 5.46. The van der Waals surface area contributed by atoms with Crippen LogP contribution in [0.25, 0.3) is 0 Å². The summed E-state index contributed by atoms with van der Waals surface area (Å²) in [5.41, 5.74) is -3.83. The maximum Gasteiger partial charge on any atom is 0.438 e. The van der Waals surface area contributed by atoms with Gasteiger partial charge >= 0.3 is 11.9 Å². The van der Waals surface area contributed by atoms with Crippen LogP contribution >= 0.6 is 0 Å². The summed E-state index contributed by atoms with van der Waals surface area (Å²) < 4.78 is 39.1. The number of hydrazone groups is 1. The molecule has 0 saturated heterocycles. The van der Waals surface area contributed by atoms with Gasteiger partial charge in [0.2, 0.25) is 0 Å². The minimum atomic E-state index is -5.09. The Balaban J connectivity index is 2.16. The minimum absolute atomic E-state index is 0.0967. The average Bonchev–Trinajstić information content (AvgIpc) is 2.95. The van der Waals surface area contributed by atoms with E-state index in [1.807, 2.05) is 0 Å². The lowest BCUT2D eigenvalue weighted by molar-refractivity contribution is -0.385. The fourth-order valence-corrected chi connectivity index (χ4v) is 1.68. The number of nitrogens with zero attached hydrogens (tertiary/aromatic N) is 5. The van der Waals surface area contributed by atoms with Crippen molar-refractivity contribution in [2.45, 2.75) is 24.9 Å². The van der Waals surface area contributed by atoms with E-state index in [2.05, 4.69) is 10.2 Å². The molecule has 12 heteroatoms. The van der Waals surface area contributed by atoms with Crippen molar-refractivity contribution < 1.29 is 28.0 Å². The number of alkyl halides is 3. The molecular weight excluding hydrogens is 299 g/mol. The normalized spacial score (nSPS) is 21.8. The van der Waals surface area contributed by atoms with E-state index in [0.29, 0.717) is 0 Å². The molecule has 0 aliphatic carbocycles. The molecule has 1 atom stereocenters. The molecule has 9 nitrogen and oxygen atoms in total. The molecule has 1 aliphatic heterocycles. The standard InChI is InChI=1S/C9H8F3N5O4/c10-9(11,12)8(19)1-2-13-16(8)7(18)5-15-4-6(3-14-15)17(20)21/h2-4,19H,1,5H2/t8-/m1/s1. The maximum atomic E-state index is 12.8. The van der Waals surface area contributed by atoms with E-state index in [1.165, 1.54) is 0 Å². The molecule has 0 bridgehead atoms. The Labute approximate surface area is 114 Å². The SMILES string of the molecule is O=C(Cn1cc([N+](=O)[O-])cn1)N1N=CC[C@@]1(O)C(F)(F)F. The van der Waals surface area contributed by atoms with E-state index in [9.17, 15) is 33.2 Å². The molecule has 1 amide bonds. The third kappa shape index (κ3) is 2.56. The molecule has 21 heavy (non-hydrogen) atoms. The lowest BCUT2D eigenvalue weighted by Crippen LogP contribution is -2.57. The van der Waals surface area contributed by atoms with Crippen molar-refractivity contribution in [1.82, 2.24) is 14.8 Å². The van der Waals surface area contributed by atoms with E-state index >= 15 is 0 Å². The third-order valence-corrected chi connectivity index (χ3v) is 2.74. The molecule has 0 aromatic carbocycles. The highest BCUT2D eigenvalue weighted by molar-refractivity contribution is 5.80. The Kier molecular flexibility index (Phi) is 3.41. The number of carbonyl (C=O) groups is 1. The van der Waals surface area contributed by atoms with Crippen LogP contribution < -0.4 is 0 Å². The Morgan fingerprint density at radius 2 is 2.24 bits per heavy atom. The van der Waals surface area contributed by atoms with Gasteiger partial charge in [-0.3, -0.25) is 19.6 Å². The number of amides is 1. The van der Waals surface area contributed by atoms with Gasteiger partial charge in [-0.2, -0.15) is 28.4 Å². The van der Waals surface area contributed by atoms with Gasteiger partial charge in [0.05, 0.1) is 4.92 Å². The molecule has 2 heterocycles. The summed E-state index contributed by atoms with van der Waals surface area (Å²) in [5, 5.41) is 26.6. The molecular formula is C9H8F3N5O4. The van der Waals surface area contributed by atoms with E-state index in [1.54, 1.807) is 0 Å². The van der Waals surface area contributed by atoms with Gasteiger partial charge < -0.3 is 5.11 Å². The number of carbonyl (C=O) groups excluding carboxylic acids is 1. The second-order valence-corrected chi connectivity index (χ2v) is 4.18. The quantitative estimate of drug-likeness (QED) is 0.635. The zero-order chi connectivity index (χ0) is 15.8. The number of rotatable bonds is 3. The third-order valence-electron chi connectivity index (χ3n) is 2.74. The molecule has 114 valence electrons. The highest BCUT2D eigenvalue weighted by Gasteiger charge is 2.61. The van der Waals surface area contributed by atoms with Gasteiger partial charge in [0, 0.05) is 12.6 Å². The van der Waals surface area contributed by atoms with Crippen LogP contribution in [-0.4, -0.2) is 48.8 Å². The van der Waals surface area contributed by atoms with Crippen molar-refractivity contribution in [2.24, 2.45) is 5.10 Å². The van der Waals surface area contributed by atoms with Crippen molar-refractivity contribution in [3.63, 3.8) is 0 Å². The maximum absolute atomic E-state index is 12.8. The second kappa shape index (κ2) is 4.80. The van der Waals surface area contributed by atoms with Crippen molar-refractivity contribution in [3.05, 3.63) is 22.5 Å². The zero-order valence-corrected chi connectivity index (χ0v) is 10.2. The molecule has 0 radical (unpaired) electrons. The number of halogens is 3. The highest BCUT2D eigenvalue weighted by Crippen LogP contribution is 2.38. The number of aliphatic hydroxyl groups is 1. The monoisotopic (exact) mass is 307 g/mol. The van der Waals surface area contributed by atoms with E-state index < -0.39 is 41.4 Å². The molecule has 0 unspecified atom stereocenters. The molecule has 2 rings (SSSR count). The zero-order valence-electron chi connectivity index (χ0n) is 10.2. The van der Waals surface area contributed by atoms with E-state index in [-0.39, 0.29) is 5.01 Å². The number of hydrogen-bond donors (Lipinski definition) is 1. The van der Waals surface area contributed by atoms with Crippen molar-refractivity contribution in [2.75, 3.05) is 0 Å². The summed E-state index contributed by atoms with van der Waals surface area (Å²) >= 11 is 0. The largest absolute Gasteiger partial charge is 0.438 e. The van der Waals surface area contributed by atoms with Crippen LogP contribution in [0.2, 0.25) is 0 Å². The number of aromatic nitrogens is 2. The molecule has 1 N–H and O–H groups in total. The summed E-state index contributed by atoms with van der Waals surface area (Å²) in [4.78, 5) is 21.4. The molecule has 0 saturated carbocycles. The molecule has 1 aromatic rings. The lowest BCUT2D eigenvalue weighted by Gasteiger charge is -2.32. The number of hydrogen-bond acceptors (Lipinski definition) is 6. The summed E-state index contributed by atoms with van der Waals surface area (Å²) in [7, 11) is 0. The first-order chi connectivity index (χ1) is 9.65. The van der Waals surface area contributed by atoms with E-state index in [4.69, 9.17) is 0 Å². The Morgan fingerprint density at radius 3 is 2.76 bits per heavy atom. The van der Waals surface area contributed by atoms with Crippen LogP contribution in [0.15, 0.2) is 17.5 Å². The first-order valence-electron chi connectivity index (χ1n) is 5.46. The summed E-state index contributed by atoms with van der Waals surface area (Å²) in [6.07, 6.45) is -3.49. The van der Waals surface area contributed by atoms with Gasteiger partial charge in [-0.15, -0.1) is 0 Å².